The molecular weight excluding hydrogens is 448 g/mol. The SMILES string of the molecule is COc1ccc(-c2csc(N3CCC(S(=O)(=O)c4ccc(OC)c(OC)c4)CC3)n2)cc1. The van der Waals surface area contributed by atoms with Crippen LogP contribution >= 0.6 is 11.3 Å². The predicted octanol–water partition coefficient (Wildman–Crippen LogP) is 4.28. The molecule has 0 radical (unpaired) electrons. The Labute approximate surface area is 192 Å². The zero-order valence-electron chi connectivity index (χ0n) is 18.3. The summed E-state index contributed by atoms with van der Waals surface area (Å²) >= 11 is 1.58. The molecule has 0 spiro atoms. The van der Waals surface area contributed by atoms with Gasteiger partial charge in [-0.3, -0.25) is 0 Å². The lowest BCUT2D eigenvalue weighted by Crippen LogP contribution is -2.39. The van der Waals surface area contributed by atoms with Crippen molar-refractivity contribution in [2.45, 2.75) is 23.0 Å². The summed E-state index contributed by atoms with van der Waals surface area (Å²) in [6, 6.07) is 12.6. The second kappa shape index (κ2) is 9.38. The molecule has 0 amide bonds. The predicted molar refractivity (Wildman–Crippen MR) is 126 cm³/mol. The number of hydrogen-bond donors (Lipinski definition) is 0. The molecule has 1 saturated heterocycles. The van der Waals surface area contributed by atoms with Gasteiger partial charge in [-0.2, -0.15) is 0 Å². The topological polar surface area (TPSA) is 78.0 Å². The largest absolute Gasteiger partial charge is 0.497 e. The first-order valence-electron chi connectivity index (χ1n) is 10.3. The number of thiazole rings is 1. The van der Waals surface area contributed by atoms with Crippen LogP contribution in [0.1, 0.15) is 12.8 Å². The number of anilines is 1. The molecule has 0 unspecified atom stereocenters. The zero-order chi connectivity index (χ0) is 22.7. The van der Waals surface area contributed by atoms with Crippen LogP contribution in [0.4, 0.5) is 5.13 Å². The van der Waals surface area contributed by atoms with E-state index in [1.54, 1.807) is 36.6 Å². The Balaban J connectivity index is 1.44. The molecule has 9 heteroatoms. The van der Waals surface area contributed by atoms with Gasteiger partial charge in [-0.15, -0.1) is 11.3 Å². The first-order valence-corrected chi connectivity index (χ1v) is 12.7. The number of hydrogen-bond acceptors (Lipinski definition) is 8. The summed E-state index contributed by atoms with van der Waals surface area (Å²) in [7, 11) is 1.21. The number of sulfone groups is 1. The van der Waals surface area contributed by atoms with Crippen molar-refractivity contribution in [1.29, 1.82) is 0 Å². The number of aromatic nitrogens is 1. The molecular formula is C23H26N2O5S2. The zero-order valence-corrected chi connectivity index (χ0v) is 19.9. The van der Waals surface area contributed by atoms with Crippen LogP contribution in [-0.2, 0) is 9.84 Å². The van der Waals surface area contributed by atoms with Crippen LogP contribution in [0.15, 0.2) is 52.7 Å². The molecule has 0 aliphatic carbocycles. The first-order chi connectivity index (χ1) is 15.5. The van der Waals surface area contributed by atoms with Crippen molar-refractivity contribution in [2.24, 2.45) is 0 Å². The van der Waals surface area contributed by atoms with Crippen LogP contribution in [0.25, 0.3) is 11.3 Å². The summed E-state index contributed by atoms with van der Waals surface area (Å²) < 4.78 is 42.1. The third kappa shape index (κ3) is 4.40. The van der Waals surface area contributed by atoms with E-state index in [9.17, 15) is 8.42 Å². The summed E-state index contributed by atoms with van der Waals surface area (Å²) in [4.78, 5) is 7.20. The van der Waals surface area contributed by atoms with Crippen molar-refractivity contribution >= 4 is 26.3 Å². The van der Waals surface area contributed by atoms with Crippen molar-refractivity contribution in [3.8, 4) is 28.5 Å². The molecule has 170 valence electrons. The fourth-order valence-corrected chi connectivity index (χ4v) is 6.48. The molecule has 3 aromatic rings. The van der Waals surface area contributed by atoms with Crippen molar-refractivity contribution < 1.29 is 22.6 Å². The smallest absolute Gasteiger partial charge is 0.185 e. The maximum Gasteiger partial charge on any atom is 0.185 e. The van der Waals surface area contributed by atoms with Crippen LogP contribution < -0.4 is 19.1 Å². The molecule has 1 aliphatic rings. The average molecular weight is 475 g/mol. The summed E-state index contributed by atoms with van der Waals surface area (Å²) in [5.41, 5.74) is 1.94. The number of nitrogens with zero attached hydrogens (tertiary/aromatic N) is 2. The van der Waals surface area contributed by atoms with E-state index in [1.807, 2.05) is 29.6 Å². The molecule has 0 bridgehead atoms. The van der Waals surface area contributed by atoms with Crippen molar-refractivity contribution in [2.75, 3.05) is 39.3 Å². The van der Waals surface area contributed by atoms with Gasteiger partial charge in [-0.25, -0.2) is 13.4 Å². The third-order valence-electron chi connectivity index (χ3n) is 5.71. The van der Waals surface area contributed by atoms with Crippen LogP contribution in [0.3, 0.4) is 0 Å². The standard InChI is InChI=1S/C23H26N2O5S2/c1-28-17-6-4-16(5-7-17)20-15-31-23(24-20)25-12-10-18(11-13-25)32(26,27)19-8-9-21(29-2)22(14-19)30-3/h4-9,14-15,18H,10-13H2,1-3H3. The highest BCUT2D eigenvalue weighted by atomic mass is 32.2. The van der Waals surface area contributed by atoms with Crippen LogP contribution in [-0.4, -0.2) is 53.1 Å². The highest BCUT2D eigenvalue weighted by molar-refractivity contribution is 7.92. The molecule has 32 heavy (non-hydrogen) atoms. The number of piperidine rings is 1. The normalized spacial score (nSPS) is 14.9. The van der Waals surface area contributed by atoms with E-state index in [0.717, 1.165) is 22.1 Å². The maximum atomic E-state index is 13.2. The highest BCUT2D eigenvalue weighted by Gasteiger charge is 2.32. The van der Waals surface area contributed by atoms with Crippen LogP contribution in [0.2, 0.25) is 0 Å². The van der Waals surface area contributed by atoms with Gasteiger partial charge in [0.1, 0.15) is 5.75 Å². The molecule has 2 heterocycles. The van der Waals surface area contributed by atoms with Gasteiger partial charge in [-0.1, -0.05) is 0 Å². The molecule has 0 saturated carbocycles. The van der Waals surface area contributed by atoms with Crippen molar-refractivity contribution in [3.05, 3.63) is 47.8 Å². The minimum absolute atomic E-state index is 0.268. The van der Waals surface area contributed by atoms with Crippen molar-refractivity contribution in [1.82, 2.24) is 4.98 Å². The number of methoxy groups -OCH3 is 3. The molecule has 4 rings (SSSR count). The van der Waals surface area contributed by atoms with Gasteiger partial charge in [0.05, 0.1) is 37.2 Å². The monoisotopic (exact) mass is 474 g/mol. The van der Waals surface area contributed by atoms with E-state index >= 15 is 0 Å². The lowest BCUT2D eigenvalue weighted by Gasteiger charge is -2.31. The van der Waals surface area contributed by atoms with Crippen LogP contribution in [0.5, 0.6) is 17.2 Å². The quantitative estimate of drug-likeness (QED) is 0.506. The Bertz CT molecular complexity index is 1170. The highest BCUT2D eigenvalue weighted by Crippen LogP contribution is 2.35. The Morgan fingerprint density at radius 3 is 2.25 bits per heavy atom. The third-order valence-corrected chi connectivity index (χ3v) is 8.87. The van der Waals surface area contributed by atoms with E-state index in [1.165, 1.54) is 14.2 Å². The average Bonchev–Trinajstić information content (AvgIpc) is 3.34. The Kier molecular flexibility index (Phi) is 6.57. The molecule has 0 atom stereocenters. The van der Waals surface area contributed by atoms with Gasteiger partial charge in [-0.05, 0) is 49.2 Å². The fourth-order valence-electron chi connectivity index (χ4n) is 3.85. The number of benzene rings is 2. The second-order valence-electron chi connectivity index (χ2n) is 7.49. The second-order valence-corrected chi connectivity index (χ2v) is 10.6. The Morgan fingerprint density at radius 1 is 0.938 bits per heavy atom. The summed E-state index contributed by atoms with van der Waals surface area (Å²) in [5, 5.41) is 2.51. The van der Waals surface area contributed by atoms with E-state index in [0.29, 0.717) is 37.4 Å². The van der Waals surface area contributed by atoms with Crippen LogP contribution in [0, 0.1) is 0 Å². The van der Waals surface area contributed by atoms with E-state index < -0.39 is 15.1 Å². The number of rotatable bonds is 7. The summed E-state index contributed by atoms with van der Waals surface area (Å²) in [6.07, 6.45) is 1.10. The van der Waals surface area contributed by atoms with Crippen molar-refractivity contribution in [3.63, 3.8) is 0 Å². The lowest BCUT2D eigenvalue weighted by molar-refractivity contribution is 0.354. The maximum absolute atomic E-state index is 13.2. The van der Waals surface area contributed by atoms with Gasteiger partial charge >= 0.3 is 0 Å². The molecule has 1 aliphatic heterocycles. The van der Waals surface area contributed by atoms with Gasteiger partial charge in [0.25, 0.3) is 0 Å². The van der Waals surface area contributed by atoms with Gasteiger partial charge in [0.2, 0.25) is 0 Å². The van der Waals surface area contributed by atoms with Gasteiger partial charge < -0.3 is 19.1 Å². The number of ether oxygens (including phenoxy) is 3. The summed E-state index contributed by atoms with van der Waals surface area (Å²) in [5.74, 6) is 1.74. The Hall–Kier alpha value is -2.78. The van der Waals surface area contributed by atoms with Gasteiger partial charge in [0.15, 0.2) is 26.5 Å². The van der Waals surface area contributed by atoms with Gasteiger partial charge in [0, 0.05) is 30.1 Å². The minimum atomic E-state index is -3.46. The lowest BCUT2D eigenvalue weighted by atomic mass is 10.1. The minimum Gasteiger partial charge on any atom is -0.497 e. The molecule has 1 fully saturated rings. The summed E-state index contributed by atoms with van der Waals surface area (Å²) in [6.45, 7) is 1.29. The first kappa shape index (κ1) is 22.4. The molecule has 2 aromatic carbocycles. The Morgan fingerprint density at radius 2 is 1.62 bits per heavy atom. The van der Waals surface area contributed by atoms with E-state index in [-0.39, 0.29) is 4.90 Å². The molecule has 1 aromatic heterocycles. The fraction of sp³-hybridized carbons (Fsp3) is 0.348. The molecule has 0 N–H and O–H groups in total. The van der Waals surface area contributed by atoms with E-state index in [4.69, 9.17) is 19.2 Å². The molecule has 7 nitrogen and oxygen atoms in total. The van der Waals surface area contributed by atoms with E-state index in [2.05, 4.69) is 4.90 Å².